The zero-order valence-corrected chi connectivity index (χ0v) is 12.6. The lowest BCUT2D eigenvalue weighted by atomic mass is 10.1. The smallest absolute Gasteiger partial charge is 0.318 e. The van der Waals surface area contributed by atoms with Gasteiger partial charge < -0.3 is 15.3 Å². The normalized spacial score (nSPS) is 20.6. The second-order valence-corrected chi connectivity index (χ2v) is 7.61. The zero-order valence-electron chi connectivity index (χ0n) is 11.8. The van der Waals surface area contributed by atoms with Crippen molar-refractivity contribution in [3.05, 3.63) is 11.5 Å². The number of carboxylic acids is 1. The number of rotatable bonds is 4. The average molecular weight is 304 g/mol. The molecule has 20 heavy (non-hydrogen) atoms. The number of nitrogens with zero attached hydrogens (tertiary/aromatic N) is 1. The van der Waals surface area contributed by atoms with Crippen LogP contribution >= 0.6 is 0 Å². The van der Waals surface area contributed by atoms with Gasteiger partial charge in [0, 0.05) is 17.5 Å². The zero-order chi connectivity index (χ0) is 15.6. The molecule has 0 aromatic heterocycles. The lowest BCUT2D eigenvalue weighted by Gasteiger charge is -2.36. The number of amides is 2. The highest BCUT2D eigenvalue weighted by molar-refractivity contribution is 7.94. The molecule has 1 atom stereocenters. The monoisotopic (exact) mass is 304 g/mol. The van der Waals surface area contributed by atoms with E-state index < -0.39 is 33.4 Å². The minimum atomic E-state index is -3.24. The first-order chi connectivity index (χ1) is 9.01. The number of carboxylic acid groups (broad SMARTS) is 1. The van der Waals surface area contributed by atoms with Crippen LogP contribution in [-0.2, 0) is 14.6 Å². The third kappa shape index (κ3) is 4.84. The topological polar surface area (TPSA) is 104 Å². The van der Waals surface area contributed by atoms with Crippen LogP contribution in [0.3, 0.4) is 0 Å². The van der Waals surface area contributed by atoms with Crippen LogP contribution in [0.5, 0.6) is 0 Å². The number of hydrogen-bond acceptors (Lipinski definition) is 4. The lowest BCUT2D eigenvalue weighted by molar-refractivity contribution is -0.137. The SMILES string of the molecule is CC(C)(C)N(CCC(=O)O)C(=O)NC1C=CS(=O)(=O)C1. The summed E-state index contributed by atoms with van der Waals surface area (Å²) in [5.74, 6) is -1.15. The van der Waals surface area contributed by atoms with E-state index in [-0.39, 0.29) is 18.7 Å². The number of aliphatic carboxylic acids is 1. The van der Waals surface area contributed by atoms with Gasteiger partial charge in [-0.05, 0) is 26.8 Å². The highest BCUT2D eigenvalue weighted by Gasteiger charge is 2.30. The summed E-state index contributed by atoms with van der Waals surface area (Å²) in [5, 5.41) is 12.4. The summed E-state index contributed by atoms with van der Waals surface area (Å²) in [6.45, 7) is 5.43. The fourth-order valence-electron chi connectivity index (χ4n) is 1.85. The molecule has 1 unspecified atom stereocenters. The van der Waals surface area contributed by atoms with Gasteiger partial charge in [0.2, 0.25) is 0 Å². The molecule has 0 aliphatic carbocycles. The van der Waals surface area contributed by atoms with Crippen molar-refractivity contribution in [3.63, 3.8) is 0 Å². The standard InChI is InChI=1S/C12H20N2O5S/c1-12(2,3)14(6-4-10(15)16)11(17)13-9-5-7-20(18,19)8-9/h5,7,9H,4,6,8H2,1-3H3,(H,13,17)(H,15,16). The minimum Gasteiger partial charge on any atom is -0.481 e. The minimum absolute atomic E-state index is 0.0633. The first-order valence-electron chi connectivity index (χ1n) is 6.22. The molecule has 0 saturated carbocycles. The van der Waals surface area contributed by atoms with E-state index in [1.54, 1.807) is 20.8 Å². The van der Waals surface area contributed by atoms with E-state index in [2.05, 4.69) is 5.32 Å². The predicted octanol–water partition coefficient (Wildman–Crippen LogP) is 0.582. The van der Waals surface area contributed by atoms with E-state index >= 15 is 0 Å². The number of nitrogens with one attached hydrogen (secondary N) is 1. The lowest BCUT2D eigenvalue weighted by Crippen LogP contribution is -2.53. The molecule has 0 aromatic rings. The highest BCUT2D eigenvalue weighted by Crippen LogP contribution is 2.15. The molecular formula is C12H20N2O5S. The molecule has 1 aliphatic heterocycles. The van der Waals surface area contributed by atoms with Gasteiger partial charge in [0.25, 0.3) is 0 Å². The van der Waals surface area contributed by atoms with Crippen LogP contribution in [0.2, 0.25) is 0 Å². The summed E-state index contributed by atoms with van der Waals surface area (Å²) in [7, 11) is -3.24. The third-order valence-corrected chi connectivity index (χ3v) is 4.24. The van der Waals surface area contributed by atoms with E-state index in [0.29, 0.717) is 0 Å². The first kappa shape index (κ1) is 16.5. The third-order valence-electron chi connectivity index (χ3n) is 2.84. The Kier molecular flexibility index (Phi) is 4.80. The van der Waals surface area contributed by atoms with E-state index in [4.69, 9.17) is 5.11 Å². The summed E-state index contributed by atoms with van der Waals surface area (Å²) >= 11 is 0. The molecule has 2 amide bonds. The van der Waals surface area contributed by atoms with Gasteiger partial charge in [-0.15, -0.1) is 0 Å². The Morgan fingerprint density at radius 2 is 2.00 bits per heavy atom. The van der Waals surface area contributed by atoms with Crippen molar-refractivity contribution in [2.75, 3.05) is 12.3 Å². The summed E-state index contributed by atoms with van der Waals surface area (Å²) < 4.78 is 22.5. The molecule has 0 bridgehead atoms. The van der Waals surface area contributed by atoms with Gasteiger partial charge in [0.05, 0.1) is 18.2 Å². The Morgan fingerprint density at radius 1 is 1.40 bits per heavy atom. The molecule has 0 radical (unpaired) electrons. The summed E-state index contributed by atoms with van der Waals surface area (Å²) in [6.07, 6.45) is 1.26. The fourth-order valence-corrected chi connectivity index (χ4v) is 3.09. The molecule has 8 heteroatoms. The molecule has 0 saturated heterocycles. The van der Waals surface area contributed by atoms with Gasteiger partial charge in [-0.2, -0.15) is 0 Å². The predicted molar refractivity (Wildman–Crippen MR) is 74.0 cm³/mol. The van der Waals surface area contributed by atoms with Crippen LogP contribution < -0.4 is 5.32 Å². The Balaban J connectivity index is 2.70. The molecular weight excluding hydrogens is 284 g/mol. The van der Waals surface area contributed by atoms with Crippen LogP contribution in [-0.4, -0.2) is 54.3 Å². The van der Waals surface area contributed by atoms with Crippen molar-refractivity contribution in [3.8, 4) is 0 Å². The van der Waals surface area contributed by atoms with Crippen molar-refractivity contribution < 1.29 is 23.1 Å². The largest absolute Gasteiger partial charge is 0.481 e. The summed E-state index contributed by atoms with van der Waals surface area (Å²) in [6, 6.07) is -1.03. The Morgan fingerprint density at radius 3 is 2.40 bits per heavy atom. The molecule has 0 fully saturated rings. The van der Waals surface area contributed by atoms with Crippen molar-refractivity contribution in [1.29, 1.82) is 0 Å². The molecule has 0 aromatic carbocycles. The van der Waals surface area contributed by atoms with Gasteiger partial charge in [-0.1, -0.05) is 0 Å². The Labute approximate surface area is 118 Å². The van der Waals surface area contributed by atoms with Crippen LogP contribution in [0.4, 0.5) is 4.79 Å². The quantitative estimate of drug-likeness (QED) is 0.790. The number of hydrogen-bond donors (Lipinski definition) is 2. The number of carbonyl (C=O) groups excluding carboxylic acids is 1. The maximum absolute atomic E-state index is 12.2. The number of sulfone groups is 1. The molecule has 7 nitrogen and oxygen atoms in total. The Hall–Kier alpha value is -1.57. The van der Waals surface area contributed by atoms with Gasteiger partial charge in [0.1, 0.15) is 0 Å². The van der Waals surface area contributed by atoms with Gasteiger partial charge >= 0.3 is 12.0 Å². The van der Waals surface area contributed by atoms with Crippen molar-refractivity contribution in [2.24, 2.45) is 0 Å². The van der Waals surface area contributed by atoms with Crippen LogP contribution in [0.15, 0.2) is 11.5 Å². The molecule has 0 spiro atoms. The summed E-state index contributed by atoms with van der Waals surface area (Å²) in [5.41, 5.74) is -0.555. The van der Waals surface area contributed by atoms with Crippen LogP contribution in [0.25, 0.3) is 0 Å². The molecule has 1 rings (SSSR count). The summed E-state index contributed by atoms with van der Waals surface area (Å²) in [4.78, 5) is 24.2. The van der Waals surface area contributed by atoms with E-state index in [1.165, 1.54) is 11.0 Å². The van der Waals surface area contributed by atoms with E-state index in [9.17, 15) is 18.0 Å². The second-order valence-electron chi connectivity index (χ2n) is 5.68. The Bertz CT molecular complexity index is 518. The van der Waals surface area contributed by atoms with E-state index in [0.717, 1.165) is 5.41 Å². The van der Waals surface area contributed by atoms with Gasteiger partial charge in [-0.3, -0.25) is 4.79 Å². The van der Waals surface area contributed by atoms with Crippen LogP contribution in [0, 0.1) is 0 Å². The molecule has 114 valence electrons. The number of carbonyl (C=O) groups is 2. The molecule has 1 heterocycles. The van der Waals surface area contributed by atoms with Crippen molar-refractivity contribution in [1.82, 2.24) is 10.2 Å². The number of urea groups is 1. The van der Waals surface area contributed by atoms with Gasteiger partial charge in [-0.25, -0.2) is 13.2 Å². The van der Waals surface area contributed by atoms with Crippen molar-refractivity contribution >= 4 is 21.8 Å². The molecule has 1 aliphatic rings. The fraction of sp³-hybridized carbons (Fsp3) is 0.667. The second kappa shape index (κ2) is 5.82. The highest BCUT2D eigenvalue weighted by atomic mass is 32.2. The maximum atomic E-state index is 12.2. The van der Waals surface area contributed by atoms with Crippen molar-refractivity contribution in [2.45, 2.75) is 38.8 Å². The van der Waals surface area contributed by atoms with Gasteiger partial charge in [0.15, 0.2) is 9.84 Å². The average Bonchev–Trinajstić information content (AvgIpc) is 2.55. The molecule has 2 N–H and O–H groups in total. The first-order valence-corrected chi connectivity index (χ1v) is 7.94. The van der Waals surface area contributed by atoms with E-state index in [1.807, 2.05) is 0 Å². The van der Waals surface area contributed by atoms with Crippen LogP contribution in [0.1, 0.15) is 27.2 Å². The maximum Gasteiger partial charge on any atom is 0.318 e.